The summed E-state index contributed by atoms with van der Waals surface area (Å²) in [6, 6.07) is 0. The van der Waals surface area contributed by atoms with Gasteiger partial charge in [-0.2, -0.15) is 0 Å². The van der Waals surface area contributed by atoms with E-state index in [1.54, 1.807) is 6.20 Å². The van der Waals surface area contributed by atoms with Gasteiger partial charge in [-0.05, 0) is 12.5 Å². The molecule has 1 aromatic rings. The number of halogens is 1. The molecule has 0 aliphatic carbocycles. The van der Waals surface area contributed by atoms with E-state index in [9.17, 15) is 0 Å². The molecular weight excluding hydrogens is 160 g/mol. The normalized spacial score (nSPS) is 8.36. The van der Waals surface area contributed by atoms with Crippen LogP contribution in [0.2, 0.25) is 5.02 Å². The van der Waals surface area contributed by atoms with Gasteiger partial charge < -0.3 is 5.73 Å². The molecule has 0 saturated heterocycles. The minimum atomic E-state index is 0.523. The van der Waals surface area contributed by atoms with E-state index >= 15 is 0 Å². The van der Waals surface area contributed by atoms with Crippen LogP contribution in [-0.4, -0.2) is 4.98 Å². The third-order valence-electron chi connectivity index (χ3n) is 1.14. The summed E-state index contributed by atoms with van der Waals surface area (Å²) in [6.45, 7) is 5.87. The molecule has 0 fully saturated rings. The molecular formula is C8H13ClN2. The fraction of sp³-hybridized carbons (Fsp3) is 0.375. The molecule has 2 N–H and O–H groups in total. The monoisotopic (exact) mass is 172 g/mol. The number of pyridine rings is 1. The lowest BCUT2D eigenvalue weighted by Gasteiger charge is -1.98. The molecule has 0 aromatic carbocycles. The van der Waals surface area contributed by atoms with Crippen LogP contribution < -0.4 is 5.73 Å². The molecule has 0 aliphatic heterocycles. The van der Waals surface area contributed by atoms with Gasteiger partial charge in [-0.25, -0.2) is 0 Å². The lowest BCUT2D eigenvalue weighted by atomic mass is 10.3. The van der Waals surface area contributed by atoms with Crippen molar-refractivity contribution in [2.45, 2.75) is 20.8 Å². The third kappa shape index (κ3) is 2.76. The van der Waals surface area contributed by atoms with Gasteiger partial charge in [0.1, 0.15) is 0 Å². The van der Waals surface area contributed by atoms with Crippen LogP contribution >= 0.6 is 11.6 Å². The topological polar surface area (TPSA) is 38.9 Å². The quantitative estimate of drug-likeness (QED) is 0.654. The van der Waals surface area contributed by atoms with Crippen molar-refractivity contribution in [3.63, 3.8) is 0 Å². The fourth-order valence-corrected chi connectivity index (χ4v) is 0.747. The molecule has 0 unspecified atom stereocenters. The molecule has 2 nitrogen and oxygen atoms in total. The highest BCUT2D eigenvalue weighted by Crippen LogP contribution is 2.18. The summed E-state index contributed by atoms with van der Waals surface area (Å²) in [5.74, 6) is 0. The molecule has 0 atom stereocenters. The first-order valence-corrected chi connectivity index (χ1v) is 3.95. The number of rotatable bonds is 0. The van der Waals surface area contributed by atoms with Crippen LogP contribution in [0.5, 0.6) is 0 Å². The second-order valence-electron chi connectivity index (χ2n) is 1.85. The summed E-state index contributed by atoms with van der Waals surface area (Å²) in [4.78, 5) is 3.83. The molecule has 0 radical (unpaired) electrons. The molecule has 1 aromatic heterocycles. The summed E-state index contributed by atoms with van der Waals surface area (Å²) < 4.78 is 0. The molecule has 1 rings (SSSR count). The molecule has 0 spiro atoms. The second kappa shape index (κ2) is 4.97. The predicted molar refractivity (Wildman–Crippen MR) is 49.7 cm³/mol. The first kappa shape index (κ1) is 10.2. The van der Waals surface area contributed by atoms with Crippen LogP contribution in [0.1, 0.15) is 19.4 Å². The lowest BCUT2D eigenvalue weighted by molar-refractivity contribution is 1.27. The highest BCUT2D eigenvalue weighted by molar-refractivity contribution is 6.33. The average Bonchev–Trinajstić information content (AvgIpc) is 2.04. The maximum absolute atomic E-state index is 5.63. The van der Waals surface area contributed by atoms with Gasteiger partial charge in [0.15, 0.2) is 0 Å². The smallest absolute Gasteiger partial charge is 0.0821 e. The minimum Gasteiger partial charge on any atom is -0.397 e. The molecule has 1 heterocycles. The Morgan fingerprint density at radius 2 is 1.91 bits per heavy atom. The van der Waals surface area contributed by atoms with Crippen LogP contribution in [0, 0.1) is 6.92 Å². The summed E-state index contributed by atoms with van der Waals surface area (Å²) >= 11 is 5.63. The zero-order chi connectivity index (χ0) is 8.85. The Kier molecular flexibility index (Phi) is 4.62. The van der Waals surface area contributed by atoms with Gasteiger partial charge in [0.05, 0.1) is 10.7 Å². The summed E-state index contributed by atoms with van der Waals surface area (Å²) in [5.41, 5.74) is 7.05. The summed E-state index contributed by atoms with van der Waals surface area (Å²) in [7, 11) is 0. The minimum absolute atomic E-state index is 0.523. The largest absolute Gasteiger partial charge is 0.397 e. The SMILES string of the molecule is CC.Cc1cncc(Cl)c1N. The highest BCUT2D eigenvalue weighted by Gasteiger charge is 1.96. The van der Waals surface area contributed by atoms with E-state index in [1.165, 1.54) is 6.20 Å². The third-order valence-corrected chi connectivity index (χ3v) is 1.44. The van der Waals surface area contributed by atoms with Crippen molar-refractivity contribution in [1.29, 1.82) is 0 Å². The average molecular weight is 173 g/mol. The standard InChI is InChI=1S/C6H7ClN2.C2H6/c1-4-2-9-3-5(7)6(4)8;1-2/h2-3H,1H3,(H2,8,9);1-2H3. The zero-order valence-electron chi connectivity index (χ0n) is 7.06. The Morgan fingerprint density at radius 1 is 1.36 bits per heavy atom. The zero-order valence-corrected chi connectivity index (χ0v) is 7.81. The predicted octanol–water partition coefficient (Wildman–Crippen LogP) is 2.65. The number of nitrogens with two attached hydrogens (primary N) is 1. The van der Waals surface area contributed by atoms with Crippen LogP contribution in [0.15, 0.2) is 12.4 Å². The van der Waals surface area contributed by atoms with E-state index in [0.29, 0.717) is 10.7 Å². The Balaban J connectivity index is 0.000000461. The van der Waals surface area contributed by atoms with E-state index in [0.717, 1.165) is 5.56 Å². The van der Waals surface area contributed by atoms with Gasteiger partial charge in [0.25, 0.3) is 0 Å². The van der Waals surface area contributed by atoms with E-state index < -0.39 is 0 Å². The Labute approximate surface area is 72.4 Å². The number of nitrogens with zero attached hydrogens (tertiary/aromatic N) is 1. The van der Waals surface area contributed by atoms with E-state index in [2.05, 4.69) is 4.98 Å². The van der Waals surface area contributed by atoms with Gasteiger partial charge in [0, 0.05) is 12.4 Å². The van der Waals surface area contributed by atoms with E-state index in [4.69, 9.17) is 17.3 Å². The van der Waals surface area contributed by atoms with Gasteiger partial charge in [-0.3, -0.25) is 4.98 Å². The lowest BCUT2D eigenvalue weighted by Crippen LogP contribution is -1.90. The van der Waals surface area contributed by atoms with Crippen molar-refractivity contribution in [1.82, 2.24) is 4.98 Å². The summed E-state index contributed by atoms with van der Waals surface area (Å²) in [6.07, 6.45) is 3.21. The van der Waals surface area contributed by atoms with Gasteiger partial charge >= 0.3 is 0 Å². The Bertz CT molecular complexity index is 203. The molecule has 3 heteroatoms. The Morgan fingerprint density at radius 3 is 2.27 bits per heavy atom. The molecule has 11 heavy (non-hydrogen) atoms. The van der Waals surface area contributed by atoms with Crippen molar-refractivity contribution < 1.29 is 0 Å². The van der Waals surface area contributed by atoms with Gasteiger partial charge in [-0.1, -0.05) is 25.4 Å². The maximum atomic E-state index is 5.63. The van der Waals surface area contributed by atoms with Crippen molar-refractivity contribution >= 4 is 17.3 Å². The van der Waals surface area contributed by atoms with E-state index in [1.807, 2.05) is 20.8 Å². The number of aryl methyl sites for hydroxylation is 1. The van der Waals surface area contributed by atoms with Crippen molar-refractivity contribution in [3.8, 4) is 0 Å². The Hall–Kier alpha value is -0.760. The molecule has 0 saturated carbocycles. The van der Waals surface area contributed by atoms with Crippen LogP contribution in [-0.2, 0) is 0 Å². The second-order valence-corrected chi connectivity index (χ2v) is 2.26. The number of nitrogen functional groups attached to an aromatic ring is 1. The number of anilines is 1. The molecule has 0 amide bonds. The van der Waals surface area contributed by atoms with Crippen molar-refractivity contribution in [3.05, 3.63) is 23.0 Å². The van der Waals surface area contributed by atoms with Crippen molar-refractivity contribution in [2.75, 3.05) is 5.73 Å². The number of hydrogen-bond acceptors (Lipinski definition) is 2. The molecule has 0 aliphatic rings. The summed E-state index contributed by atoms with van der Waals surface area (Å²) in [5, 5.41) is 0.523. The fourth-order valence-electron chi connectivity index (χ4n) is 0.542. The van der Waals surface area contributed by atoms with Crippen molar-refractivity contribution in [2.24, 2.45) is 0 Å². The van der Waals surface area contributed by atoms with Crippen LogP contribution in [0.25, 0.3) is 0 Å². The number of hydrogen-bond donors (Lipinski definition) is 1. The van der Waals surface area contributed by atoms with Gasteiger partial charge in [-0.15, -0.1) is 0 Å². The highest BCUT2D eigenvalue weighted by atomic mass is 35.5. The maximum Gasteiger partial charge on any atom is 0.0821 e. The van der Waals surface area contributed by atoms with Crippen LogP contribution in [0.3, 0.4) is 0 Å². The van der Waals surface area contributed by atoms with E-state index in [-0.39, 0.29) is 0 Å². The first-order valence-electron chi connectivity index (χ1n) is 3.57. The molecule has 62 valence electrons. The van der Waals surface area contributed by atoms with Crippen LogP contribution in [0.4, 0.5) is 5.69 Å². The first-order chi connectivity index (χ1) is 5.22. The molecule has 0 bridgehead atoms. The number of aromatic nitrogens is 1. The van der Waals surface area contributed by atoms with Gasteiger partial charge in [0.2, 0.25) is 0 Å².